The van der Waals surface area contributed by atoms with Gasteiger partial charge in [-0.15, -0.1) is 0 Å². The summed E-state index contributed by atoms with van der Waals surface area (Å²) in [5.74, 6) is 0.902. The van der Waals surface area contributed by atoms with Crippen molar-refractivity contribution in [2.75, 3.05) is 13.1 Å². The Morgan fingerprint density at radius 3 is 3.11 bits per heavy atom. The summed E-state index contributed by atoms with van der Waals surface area (Å²) < 4.78 is 0. The zero-order chi connectivity index (χ0) is 13.5. The van der Waals surface area contributed by atoms with Gasteiger partial charge in [-0.25, -0.2) is 4.98 Å². The van der Waals surface area contributed by atoms with Gasteiger partial charge in [0, 0.05) is 18.3 Å². The Hall–Kier alpha value is -1.40. The summed E-state index contributed by atoms with van der Waals surface area (Å²) in [6.45, 7) is 5.46. The molecule has 1 aliphatic heterocycles. The highest BCUT2D eigenvalue weighted by atomic mass is 15.1. The van der Waals surface area contributed by atoms with Crippen molar-refractivity contribution in [3.63, 3.8) is 0 Å². The highest BCUT2D eigenvalue weighted by Crippen LogP contribution is 2.23. The van der Waals surface area contributed by atoms with Gasteiger partial charge in [0.1, 0.15) is 11.8 Å². The van der Waals surface area contributed by atoms with E-state index in [1.54, 1.807) is 6.20 Å². The number of nitrogens with zero attached hydrogens (tertiary/aromatic N) is 3. The Balaban J connectivity index is 1.94. The molecule has 0 bridgehead atoms. The first kappa shape index (κ1) is 14.0. The van der Waals surface area contributed by atoms with Crippen LogP contribution in [0.2, 0.25) is 0 Å². The van der Waals surface area contributed by atoms with Gasteiger partial charge >= 0.3 is 0 Å². The molecule has 3 heteroatoms. The number of nitriles is 1. The lowest BCUT2D eigenvalue weighted by Crippen LogP contribution is -2.24. The van der Waals surface area contributed by atoms with E-state index in [1.165, 1.54) is 32.1 Å². The van der Waals surface area contributed by atoms with Crippen molar-refractivity contribution in [1.29, 1.82) is 5.26 Å². The molecule has 1 saturated heterocycles. The molecule has 19 heavy (non-hydrogen) atoms. The minimum absolute atomic E-state index is 0.580. The van der Waals surface area contributed by atoms with Gasteiger partial charge < -0.3 is 0 Å². The molecule has 0 saturated carbocycles. The number of aromatic nitrogens is 1. The van der Waals surface area contributed by atoms with E-state index in [9.17, 15) is 0 Å². The van der Waals surface area contributed by atoms with Gasteiger partial charge in [0.15, 0.2) is 0 Å². The molecule has 1 aliphatic rings. The van der Waals surface area contributed by atoms with Crippen LogP contribution in [0.3, 0.4) is 0 Å². The molecule has 1 aromatic heterocycles. The number of hydrogen-bond donors (Lipinski definition) is 0. The van der Waals surface area contributed by atoms with Crippen LogP contribution in [-0.2, 0) is 6.54 Å². The van der Waals surface area contributed by atoms with Crippen LogP contribution in [-0.4, -0.2) is 23.0 Å². The predicted octanol–water partition coefficient (Wildman–Crippen LogP) is 3.36. The van der Waals surface area contributed by atoms with Crippen LogP contribution in [0, 0.1) is 17.2 Å². The van der Waals surface area contributed by atoms with Gasteiger partial charge in [0.25, 0.3) is 0 Å². The molecule has 2 rings (SSSR count). The first-order chi connectivity index (χ1) is 9.33. The van der Waals surface area contributed by atoms with Crippen LogP contribution in [0.25, 0.3) is 0 Å². The summed E-state index contributed by atoms with van der Waals surface area (Å²) in [5.41, 5.74) is 1.65. The predicted molar refractivity (Wildman–Crippen MR) is 76.5 cm³/mol. The van der Waals surface area contributed by atoms with E-state index in [1.807, 2.05) is 12.1 Å². The van der Waals surface area contributed by atoms with Gasteiger partial charge in [0.2, 0.25) is 0 Å². The number of likely N-dealkylation sites (tertiary alicyclic amines) is 1. The zero-order valence-corrected chi connectivity index (χ0v) is 11.8. The average Bonchev–Trinajstić information content (AvgIpc) is 2.66. The fourth-order valence-corrected chi connectivity index (χ4v) is 2.99. The van der Waals surface area contributed by atoms with E-state index in [-0.39, 0.29) is 0 Å². The Morgan fingerprint density at radius 1 is 1.42 bits per heavy atom. The van der Waals surface area contributed by atoms with Crippen LogP contribution in [0.15, 0.2) is 18.3 Å². The lowest BCUT2D eigenvalue weighted by Gasteiger charge is -2.20. The van der Waals surface area contributed by atoms with E-state index < -0.39 is 0 Å². The van der Waals surface area contributed by atoms with E-state index in [0.717, 1.165) is 31.1 Å². The Labute approximate surface area is 116 Å². The van der Waals surface area contributed by atoms with Crippen LogP contribution in [0.1, 0.15) is 50.3 Å². The monoisotopic (exact) mass is 257 g/mol. The second-order valence-corrected chi connectivity index (χ2v) is 5.48. The fourth-order valence-electron chi connectivity index (χ4n) is 2.99. The Kier molecular flexibility index (Phi) is 5.35. The molecule has 0 radical (unpaired) electrons. The first-order valence-corrected chi connectivity index (χ1v) is 7.39. The van der Waals surface area contributed by atoms with Gasteiger partial charge in [-0.3, -0.25) is 4.90 Å². The summed E-state index contributed by atoms with van der Waals surface area (Å²) in [6.07, 6.45) is 8.31. The van der Waals surface area contributed by atoms with Crippen molar-refractivity contribution in [3.8, 4) is 6.07 Å². The molecule has 102 valence electrons. The van der Waals surface area contributed by atoms with E-state index in [4.69, 9.17) is 5.26 Å². The Bertz CT molecular complexity index is 436. The lowest BCUT2D eigenvalue weighted by molar-refractivity contribution is 0.271. The summed E-state index contributed by atoms with van der Waals surface area (Å²) in [7, 11) is 0. The highest BCUT2D eigenvalue weighted by molar-refractivity contribution is 5.30. The second-order valence-electron chi connectivity index (χ2n) is 5.48. The molecule has 0 spiro atoms. The summed E-state index contributed by atoms with van der Waals surface area (Å²) >= 11 is 0. The van der Waals surface area contributed by atoms with Crippen molar-refractivity contribution in [2.24, 2.45) is 5.92 Å². The van der Waals surface area contributed by atoms with E-state index in [0.29, 0.717) is 5.69 Å². The molecule has 3 nitrogen and oxygen atoms in total. The van der Waals surface area contributed by atoms with Crippen molar-refractivity contribution < 1.29 is 0 Å². The summed E-state index contributed by atoms with van der Waals surface area (Å²) in [4.78, 5) is 6.62. The number of hydrogen-bond acceptors (Lipinski definition) is 3. The molecule has 2 heterocycles. The van der Waals surface area contributed by atoms with Crippen molar-refractivity contribution in [2.45, 2.75) is 45.6 Å². The average molecular weight is 257 g/mol. The minimum Gasteiger partial charge on any atom is -0.299 e. The molecule has 0 aromatic carbocycles. The van der Waals surface area contributed by atoms with Crippen molar-refractivity contribution >= 4 is 0 Å². The highest BCUT2D eigenvalue weighted by Gasteiger charge is 2.17. The lowest BCUT2D eigenvalue weighted by atomic mass is 9.96. The van der Waals surface area contributed by atoms with Crippen molar-refractivity contribution in [3.05, 3.63) is 29.6 Å². The molecular weight excluding hydrogens is 234 g/mol. The van der Waals surface area contributed by atoms with E-state index >= 15 is 0 Å². The molecule has 0 aliphatic carbocycles. The van der Waals surface area contributed by atoms with E-state index in [2.05, 4.69) is 22.9 Å². The molecule has 0 amide bonds. The van der Waals surface area contributed by atoms with Gasteiger partial charge in [0.05, 0.1) is 0 Å². The largest absolute Gasteiger partial charge is 0.299 e. The minimum atomic E-state index is 0.580. The molecule has 0 N–H and O–H groups in total. The molecule has 1 fully saturated rings. The second kappa shape index (κ2) is 7.25. The van der Waals surface area contributed by atoms with Crippen molar-refractivity contribution in [1.82, 2.24) is 9.88 Å². The maximum Gasteiger partial charge on any atom is 0.144 e. The summed E-state index contributed by atoms with van der Waals surface area (Å²) in [5, 5.41) is 9.08. The molecule has 1 unspecified atom stereocenters. The van der Waals surface area contributed by atoms with Crippen LogP contribution in [0.5, 0.6) is 0 Å². The summed E-state index contributed by atoms with van der Waals surface area (Å²) in [6, 6.07) is 6.14. The maximum absolute atomic E-state index is 9.08. The van der Waals surface area contributed by atoms with Crippen LogP contribution in [0.4, 0.5) is 0 Å². The topological polar surface area (TPSA) is 39.9 Å². The molecular formula is C16H23N3. The Morgan fingerprint density at radius 2 is 2.32 bits per heavy atom. The third-order valence-electron chi connectivity index (χ3n) is 4.03. The first-order valence-electron chi connectivity index (χ1n) is 7.39. The number of rotatable bonds is 4. The van der Waals surface area contributed by atoms with Crippen LogP contribution < -0.4 is 0 Å². The molecule has 1 aromatic rings. The standard InChI is InChI=1S/C16H23N3/c1-2-5-14-6-4-10-19(11-8-14)13-15-7-3-9-18-16(15)12-17/h3,7,9,14H,2,4-6,8,10-11,13H2,1H3. The van der Waals surface area contributed by atoms with Gasteiger partial charge in [-0.1, -0.05) is 25.8 Å². The van der Waals surface area contributed by atoms with Gasteiger partial charge in [-0.2, -0.15) is 5.26 Å². The zero-order valence-electron chi connectivity index (χ0n) is 11.8. The van der Waals surface area contributed by atoms with Gasteiger partial charge in [-0.05, 0) is 44.3 Å². The maximum atomic E-state index is 9.08. The van der Waals surface area contributed by atoms with Crippen LogP contribution >= 0.6 is 0 Å². The third kappa shape index (κ3) is 4.04. The smallest absolute Gasteiger partial charge is 0.144 e. The molecule has 1 atom stereocenters. The number of pyridine rings is 1. The fraction of sp³-hybridized carbons (Fsp3) is 0.625. The SMILES string of the molecule is CCCC1CCCN(Cc2cccnc2C#N)CC1. The quantitative estimate of drug-likeness (QED) is 0.830. The third-order valence-corrected chi connectivity index (χ3v) is 4.03. The normalized spacial score (nSPS) is 20.7.